The normalized spacial score (nSPS) is 10.3. The third-order valence-corrected chi connectivity index (χ3v) is 2.62. The highest BCUT2D eigenvalue weighted by molar-refractivity contribution is 5.88. The summed E-state index contributed by atoms with van der Waals surface area (Å²) in [6.45, 7) is 0.955. The topological polar surface area (TPSA) is 92.4 Å². The molecule has 0 aliphatic carbocycles. The lowest BCUT2D eigenvalue weighted by Crippen LogP contribution is -2.38. The Labute approximate surface area is 114 Å². The molecule has 0 amide bonds. The van der Waals surface area contributed by atoms with Gasteiger partial charge >= 0.3 is 17.6 Å². The summed E-state index contributed by atoms with van der Waals surface area (Å²) in [6, 6.07) is 6.54. The molecule has 0 unspecified atom stereocenters. The Morgan fingerprint density at radius 3 is 2.70 bits per heavy atom. The minimum absolute atomic E-state index is 0.0563. The average molecular weight is 276 g/mol. The van der Waals surface area contributed by atoms with Gasteiger partial charge in [-0.15, -0.1) is 0 Å². The second-order valence-electron chi connectivity index (χ2n) is 3.96. The molecule has 0 N–H and O–H groups in total. The zero-order valence-corrected chi connectivity index (χ0v) is 11.0. The van der Waals surface area contributed by atoms with Gasteiger partial charge in [-0.2, -0.15) is 4.73 Å². The summed E-state index contributed by atoms with van der Waals surface area (Å²) >= 11 is 0. The molecule has 2 aromatic rings. The molecule has 0 radical (unpaired) electrons. The molecule has 0 bridgehead atoms. The summed E-state index contributed by atoms with van der Waals surface area (Å²) in [6.07, 6.45) is 0. The third-order valence-electron chi connectivity index (χ3n) is 2.62. The molecule has 0 saturated heterocycles. The number of methoxy groups -OCH3 is 1. The van der Waals surface area contributed by atoms with Crippen LogP contribution in [0.25, 0.3) is 11.0 Å². The van der Waals surface area contributed by atoms with E-state index in [0.29, 0.717) is 10.2 Å². The van der Waals surface area contributed by atoms with Crippen LogP contribution in [0.1, 0.15) is 23.1 Å². The molecule has 0 fully saturated rings. The first-order chi connectivity index (χ1) is 9.54. The fourth-order valence-corrected chi connectivity index (χ4v) is 1.73. The third kappa shape index (κ3) is 2.51. The lowest BCUT2D eigenvalue weighted by atomic mass is 10.2. The van der Waals surface area contributed by atoms with Crippen LogP contribution < -0.4 is 4.73 Å². The molecule has 1 heterocycles. The minimum atomic E-state index is -0.833. The van der Waals surface area contributed by atoms with Gasteiger partial charge in [0.15, 0.2) is 5.69 Å². The van der Waals surface area contributed by atoms with Gasteiger partial charge in [-0.3, -0.25) is 4.79 Å². The molecule has 0 spiro atoms. The van der Waals surface area contributed by atoms with E-state index in [1.165, 1.54) is 13.0 Å². The summed E-state index contributed by atoms with van der Waals surface area (Å²) in [5.74, 6) is -1.37. The van der Waals surface area contributed by atoms with Crippen molar-refractivity contribution in [2.24, 2.45) is 0 Å². The number of carbonyl (C=O) groups is 2. The van der Waals surface area contributed by atoms with Gasteiger partial charge in [0.2, 0.25) is 5.52 Å². The van der Waals surface area contributed by atoms with Crippen LogP contribution in [0.15, 0.2) is 24.3 Å². The molecule has 7 heteroatoms. The van der Waals surface area contributed by atoms with E-state index < -0.39 is 11.9 Å². The Balaban J connectivity index is 2.63. The number of nitrogens with zero attached hydrogens (tertiary/aromatic N) is 2. The van der Waals surface area contributed by atoms with Crippen LogP contribution in [0.2, 0.25) is 0 Å². The van der Waals surface area contributed by atoms with Crippen LogP contribution in [0.4, 0.5) is 0 Å². The van der Waals surface area contributed by atoms with E-state index >= 15 is 0 Å². The average Bonchev–Trinajstić information content (AvgIpc) is 2.44. The Morgan fingerprint density at radius 1 is 1.35 bits per heavy atom. The molecule has 1 aromatic carbocycles. The molecule has 20 heavy (non-hydrogen) atoms. The fraction of sp³-hybridized carbons (Fsp3) is 0.231. The monoisotopic (exact) mass is 276 g/mol. The zero-order chi connectivity index (χ0) is 14.7. The standard InChI is InChI=1S/C13H12N2O5/c1-8(16)20-7-10-12(13(17)19-2)15(18)11-6-4-3-5-9(11)14-10/h3-6H,7H2,1-2H3. The highest BCUT2D eigenvalue weighted by atomic mass is 16.5. The Hall–Kier alpha value is -2.70. The number of esters is 2. The second kappa shape index (κ2) is 5.52. The number of fused-ring (bicyclic) bond motifs is 1. The second-order valence-corrected chi connectivity index (χ2v) is 3.96. The molecule has 0 atom stereocenters. The SMILES string of the molecule is COC(=O)c1c(COC(C)=O)nc2ccccc2[n+]1[O-]. The van der Waals surface area contributed by atoms with Crippen molar-refractivity contribution in [1.82, 2.24) is 4.98 Å². The summed E-state index contributed by atoms with van der Waals surface area (Å²) in [5, 5.41) is 12.2. The molecule has 2 rings (SSSR count). The summed E-state index contributed by atoms with van der Waals surface area (Å²) < 4.78 is 9.82. The summed E-state index contributed by atoms with van der Waals surface area (Å²) in [7, 11) is 1.16. The van der Waals surface area contributed by atoms with Gasteiger partial charge in [-0.25, -0.2) is 9.78 Å². The molecule has 0 aliphatic heterocycles. The highest BCUT2D eigenvalue weighted by Gasteiger charge is 2.27. The molecule has 104 valence electrons. The van der Waals surface area contributed by atoms with Gasteiger partial charge in [0.1, 0.15) is 12.1 Å². The molecular formula is C13H12N2O5. The maximum atomic E-state index is 12.2. The van der Waals surface area contributed by atoms with E-state index in [1.807, 2.05) is 0 Å². The van der Waals surface area contributed by atoms with Crippen LogP contribution >= 0.6 is 0 Å². The van der Waals surface area contributed by atoms with Crippen molar-refractivity contribution in [2.45, 2.75) is 13.5 Å². The van der Waals surface area contributed by atoms with Crippen molar-refractivity contribution in [3.63, 3.8) is 0 Å². The van der Waals surface area contributed by atoms with Gasteiger partial charge in [0.05, 0.1) is 7.11 Å². The van der Waals surface area contributed by atoms with Crippen molar-refractivity contribution in [3.05, 3.63) is 40.9 Å². The van der Waals surface area contributed by atoms with Crippen molar-refractivity contribution in [1.29, 1.82) is 0 Å². The number of aromatic nitrogens is 2. The number of benzene rings is 1. The lowest BCUT2D eigenvalue weighted by Gasteiger charge is -2.10. The van der Waals surface area contributed by atoms with Crippen LogP contribution in [0.3, 0.4) is 0 Å². The van der Waals surface area contributed by atoms with E-state index in [-0.39, 0.29) is 23.5 Å². The minimum Gasteiger partial charge on any atom is -0.618 e. The predicted molar refractivity (Wildman–Crippen MR) is 67.5 cm³/mol. The number of hydrogen-bond acceptors (Lipinski definition) is 6. The van der Waals surface area contributed by atoms with Crippen LogP contribution in [0, 0.1) is 5.21 Å². The first-order valence-corrected chi connectivity index (χ1v) is 5.77. The predicted octanol–water partition coefficient (Wildman–Crippen LogP) is 0.718. The Morgan fingerprint density at radius 2 is 2.05 bits per heavy atom. The van der Waals surface area contributed by atoms with Gasteiger partial charge in [0.25, 0.3) is 0 Å². The molecule has 7 nitrogen and oxygen atoms in total. The molecule has 0 aliphatic rings. The highest BCUT2D eigenvalue weighted by Crippen LogP contribution is 2.13. The molecule has 0 saturated carbocycles. The molecular weight excluding hydrogens is 264 g/mol. The quantitative estimate of drug-likeness (QED) is 0.466. The number of ether oxygens (including phenoxy) is 2. The van der Waals surface area contributed by atoms with Gasteiger partial charge < -0.3 is 14.7 Å². The van der Waals surface area contributed by atoms with Crippen LogP contribution in [-0.4, -0.2) is 24.0 Å². The maximum absolute atomic E-state index is 12.2. The van der Waals surface area contributed by atoms with Gasteiger partial charge in [-0.1, -0.05) is 12.1 Å². The van der Waals surface area contributed by atoms with E-state index in [0.717, 1.165) is 7.11 Å². The summed E-state index contributed by atoms with van der Waals surface area (Å²) in [4.78, 5) is 26.8. The first-order valence-electron chi connectivity index (χ1n) is 5.77. The summed E-state index contributed by atoms with van der Waals surface area (Å²) in [5.41, 5.74) is 0.407. The zero-order valence-electron chi connectivity index (χ0n) is 11.0. The van der Waals surface area contributed by atoms with Crippen LogP contribution in [0.5, 0.6) is 0 Å². The van der Waals surface area contributed by atoms with E-state index in [9.17, 15) is 14.8 Å². The fourth-order valence-electron chi connectivity index (χ4n) is 1.73. The maximum Gasteiger partial charge on any atom is 0.406 e. The lowest BCUT2D eigenvalue weighted by molar-refractivity contribution is -0.581. The molecule has 1 aromatic heterocycles. The van der Waals surface area contributed by atoms with Crippen molar-refractivity contribution >= 4 is 23.0 Å². The smallest absolute Gasteiger partial charge is 0.406 e. The van der Waals surface area contributed by atoms with Crippen molar-refractivity contribution in [2.75, 3.05) is 7.11 Å². The van der Waals surface area contributed by atoms with Gasteiger partial charge in [0, 0.05) is 13.0 Å². The van der Waals surface area contributed by atoms with E-state index in [1.54, 1.807) is 18.2 Å². The first kappa shape index (κ1) is 13.7. The largest absolute Gasteiger partial charge is 0.618 e. The number of hydrogen-bond donors (Lipinski definition) is 0. The number of para-hydroxylation sites is 2. The van der Waals surface area contributed by atoms with Gasteiger partial charge in [-0.05, 0) is 6.07 Å². The number of rotatable bonds is 3. The Kier molecular flexibility index (Phi) is 3.79. The van der Waals surface area contributed by atoms with Crippen molar-refractivity contribution in [3.8, 4) is 0 Å². The van der Waals surface area contributed by atoms with Crippen molar-refractivity contribution < 1.29 is 23.8 Å². The number of carbonyl (C=O) groups excluding carboxylic acids is 2. The van der Waals surface area contributed by atoms with E-state index in [4.69, 9.17) is 4.74 Å². The van der Waals surface area contributed by atoms with E-state index in [2.05, 4.69) is 9.72 Å². The Bertz CT molecular complexity index is 684. The van der Waals surface area contributed by atoms with Crippen LogP contribution in [-0.2, 0) is 20.9 Å².